The van der Waals surface area contributed by atoms with Crippen LogP contribution >= 0.6 is 0 Å². The van der Waals surface area contributed by atoms with Gasteiger partial charge in [-0.2, -0.15) is 5.26 Å². The van der Waals surface area contributed by atoms with Crippen LogP contribution in [0.1, 0.15) is 44.1 Å². The Labute approximate surface area is 175 Å². The fraction of sp³-hybridized carbons (Fsp3) is 0.500. The zero-order valence-corrected chi connectivity index (χ0v) is 16.9. The van der Waals surface area contributed by atoms with Crippen molar-refractivity contribution in [3.63, 3.8) is 0 Å². The van der Waals surface area contributed by atoms with E-state index in [-0.39, 0.29) is 18.0 Å². The molecule has 1 saturated heterocycles. The molecular formula is C22H27N5O3. The minimum Gasteiger partial charge on any atom is -0.410 e. The lowest BCUT2D eigenvalue weighted by atomic mass is 10.0. The Hall–Kier alpha value is -3.05. The van der Waals surface area contributed by atoms with Crippen molar-refractivity contribution >= 4 is 22.9 Å². The molecule has 8 nitrogen and oxygen atoms in total. The van der Waals surface area contributed by atoms with Gasteiger partial charge in [0, 0.05) is 29.7 Å². The van der Waals surface area contributed by atoms with Crippen molar-refractivity contribution in [2.24, 2.45) is 5.73 Å². The van der Waals surface area contributed by atoms with E-state index in [9.17, 15) is 14.9 Å². The van der Waals surface area contributed by atoms with Gasteiger partial charge in [-0.15, -0.1) is 0 Å². The van der Waals surface area contributed by atoms with Crippen LogP contribution in [0.5, 0.6) is 5.75 Å². The number of H-pyrrole nitrogens is 1. The van der Waals surface area contributed by atoms with Gasteiger partial charge in [0.05, 0.1) is 12.1 Å². The Bertz CT molecular complexity index is 973. The first-order chi connectivity index (χ1) is 14.5. The molecular weight excluding hydrogens is 382 g/mol. The molecule has 0 spiro atoms. The quantitative estimate of drug-likeness (QED) is 0.700. The van der Waals surface area contributed by atoms with E-state index >= 15 is 0 Å². The van der Waals surface area contributed by atoms with Gasteiger partial charge in [-0.3, -0.25) is 4.79 Å². The fourth-order valence-corrected chi connectivity index (χ4v) is 4.47. The first-order valence-corrected chi connectivity index (χ1v) is 10.6. The maximum absolute atomic E-state index is 12.7. The number of aromatic amines is 1. The lowest BCUT2D eigenvalue weighted by Gasteiger charge is -2.23. The lowest BCUT2D eigenvalue weighted by Crippen LogP contribution is -2.46. The number of aromatic nitrogens is 1. The molecule has 2 atom stereocenters. The monoisotopic (exact) mass is 409 g/mol. The number of carbonyl (C=O) groups is 2. The predicted molar refractivity (Wildman–Crippen MR) is 112 cm³/mol. The number of amides is 2. The van der Waals surface area contributed by atoms with Crippen molar-refractivity contribution in [3.05, 3.63) is 30.0 Å². The maximum atomic E-state index is 12.7. The number of carbonyl (C=O) groups excluding carboxylic acids is 2. The van der Waals surface area contributed by atoms with Crippen LogP contribution in [0, 0.1) is 11.3 Å². The standard InChI is InChI=1S/C22H27N5O3/c23-12-16-6-3-9-27(16)21(28)19(24)10-14-13-25-20-8-7-17(11-18(14)20)30-22(29)26-15-4-1-2-5-15/h7-8,11,13,15-16,19,25H,1-6,9-10,24H2,(H,26,29). The summed E-state index contributed by atoms with van der Waals surface area (Å²) < 4.78 is 5.46. The minimum absolute atomic E-state index is 0.191. The van der Waals surface area contributed by atoms with Crippen LogP contribution in [0.4, 0.5) is 4.79 Å². The number of hydrogen-bond acceptors (Lipinski definition) is 5. The highest BCUT2D eigenvalue weighted by Crippen LogP contribution is 2.26. The SMILES string of the molecule is N#CC1CCCN1C(=O)C(N)Cc1c[nH]c2ccc(OC(=O)NC3CCCC3)cc12. The summed E-state index contributed by atoms with van der Waals surface area (Å²) in [7, 11) is 0. The number of nitriles is 1. The van der Waals surface area contributed by atoms with Crippen molar-refractivity contribution in [3.8, 4) is 11.8 Å². The number of likely N-dealkylation sites (tertiary alicyclic amines) is 1. The normalized spacial score (nSPS) is 20.3. The molecule has 2 heterocycles. The molecule has 158 valence electrons. The molecule has 1 aliphatic carbocycles. The van der Waals surface area contributed by atoms with Crippen LogP contribution in [-0.2, 0) is 11.2 Å². The summed E-state index contributed by atoms with van der Waals surface area (Å²) in [6.07, 6.45) is 7.50. The summed E-state index contributed by atoms with van der Waals surface area (Å²) >= 11 is 0. The molecule has 4 rings (SSSR count). The van der Waals surface area contributed by atoms with Crippen LogP contribution in [0.2, 0.25) is 0 Å². The van der Waals surface area contributed by atoms with E-state index in [0.717, 1.165) is 48.6 Å². The summed E-state index contributed by atoms with van der Waals surface area (Å²) in [5.74, 6) is 0.250. The van der Waals surface area contributed by atoms with E-state index in [0.29, 0.717) is 25.1 Å². The summed E-state index contributed by atoms with van der Waals surface area (Å²) in [6, 6.07) is 6.63. The molecule has 30 heavy (non-hydrogen) atoms. The molecule has 1 aromatic carbocycles. The summed E-state index contributed by atoms with van der Waals surface area (Å²) in [5, 5.41) is 13.0. The van der Waals surface area contributed by atoms with Crippen LogP contribution in [0.15, 0.2) is 24.4 Å². The van der Waals surface area contributed by atoms with E-state index in [1.807, 2.05) is 12.3 Å². The van der Waals surface area contributed by atoms with Gasteiger partial charge in [0.15, 0.2) is 0 Å². The van der Waals surface area contributed by atoms with Gasteiger partial charge < -0.3 is 25.7 Å². The molecule has 0 radical (unpaired) electrons. The van der Waals surface area contributed by atoms with Crippen molar-refractivity contribution in [2.45, 2.75) is 63.1 Å². The molecule has 0 bridgehead atoms. The third-order valence-corrected chi connectivity index (χ3v) is 6.07. The number of hydrogen-bond donors (Lipinski definition) is 3. The second-order valence-electron chi connectivity index (χ2n) is 8.17. The molecule has 2 fully saturated rings. The number of nitrogens with zero attached hydrogens (tertiary/aromatic N) is 2. The van der Waals surface area contributed by atoms with Crippen molar-refractivity contribution in [2.75, 3.05) is 6.54 Å². The van der Waals surface area contributed by atoms with Gasteiger partial charge >= 0.3 is 6.09 Å². The predicted octanol–water partition coefficient (Wildman–Crippen LogP) is 2.58. The Kier molecular flexibility index (Phi) is 5.91. The molecule has 2 aromatic rings. The Morgan fingerprint density at radius 2 is 2.10 bits per heavy atom. The van der Waals surface area contributed by atoms with Gasteiger partial charge in [-0.05, 0) is 55.9 Å². The Balaban J connectivity index is 1.44. The number of benzene rings is 1. The molecule has 8 heteroatoms. The highest BCUT2D eigenvalue weighted by atomic mass is 16.6. The second kappa shape index (κ2) is 8.76. The smallest absolute Gasteiger partial charge is 0.410 e. The Morgan fingerprint density at radius 3 is 2.87 bits per heavy atom. The summed E-state index contributed by atoms with van der Waals surface area (Å²) in [4.78, 5) is 29.6. The van der Waals surface area contributed by atoms with Crippen molar-refractivity contribution in [1.29, 1.82) is 5.26 Å². The van der Waals surface area contributed by atoms with Gasteiger partial charge in [-0.1, -0.05) is 12.8 Å². The topological polar surface area (TPSA) is 124 Å². The number of fused-ring (bicyclic) bond motifs is 1. The van der Waals surface area contributed by atoms with E-state index in [2.05, 4.69) is 16.4 Å². The van der Waals surface area contributed by atoms with Gasteiger partial charge in [0.1, 0.15) is 11.8 Å². The second-order valence-corrected chi connectivity index (χ2v) is 8.17. The highest BCUT2D eigenvalue weighted by Gasteiger charge is 2.32. The zero-order valence-electron chi connectivity index (χ0n) is 16.9. The lowest BCUT2D eigenvalue weighted by molar-refractivity contribution is -0.132. The zero-order chi connectivity index (χ0) is 21.1. The molecule has 1 saturated carbocycles. The highest BCUT2D eigenvalue weighted by molar-refractivity contribution is 5.88. The first-order valence-electron chi connectivity index (χ1n) is 10.6. The van der Waals surface area contributed by atoms with E-state index in [1.54, 1.807) is 17.0 Å². The molecule has 2 aliphatic rings. The van der Waals surface area contributed by atoms with Crippen LogP contribution in [-0.4, -0.2) is 46.6 Å². The van der Waals surface area contributed by atoms with Crippen LogP contribution in [0.3, 0.4) is 0 Å². The average Bonchev–Trinajstić information content (AvgIpc) is 3.48. The van der Waals surface area contributed by atoms with Gasteiger partial charge in [-0.25, -0.2) is 4.79 Å². The number of rotatable bonds is 5. The fourth-order valence-electron chi connectivity index (χ4n) is 4.47. The number of nitrogens with two attached hydrogens (primary N) is 1. The largest absolute Gasteiger partial charge is 0.412 e. The molecule has 2 unspecified atom stereocenters. The van der Waals surface area contributed by atoms with E-state index in [1.165, 1.54) is 0 Å². The van der Waals surface area contributed by atoms with Crippen LogP contribution < -0.4 is 15.8 Å². The first kappa shape index (κ1) is 20.2. The van der Waals surface area contributed by atoms with Crippen molar-refractivity contribution < 1.29 is 14.3 Å². The third kappa shape index (κ3) is 4.26. The van der Waals surface area contributed by atoms with E-state index < -0.39 is 12.1 Å². The molecule has 1 aliphatic heterocycles. The minimum atomic E-state index is -0.729. The van der Waals surface area contributed by atoms with Crippen molar-refractivity contribution in [1.82, 2.24) is 15.2 Å². The molecule has 4 N–H and O–H groups in total. The number of ether oxygens (including phenoxy) is 1. The van der Waals surface area contributed by atoms with Gasteiger partial charge in [0.25, 0.3) is 0 Å². The number of nitrogens with one attached hydrogen (secondary N) is 2. The Morgan fingerprint density at radius 1 is 1.30 bits per heavy atom. The maximum Gasteiger partial charge on any atom is 0.412 e. The molecule has 1 aromatic heterocycles. The van der Waals surface area contributed by atoms with Gasteiger partial charge in [0.2, 0.25) is 5.91 Å². The third-order valence-electron chi connectivity index (χ3n) is 6.07. The van der Waals surface area contributed by atoms with Crippen LogP contribution in [0.25, 0.3) is 10.9 Å². The summed E-state index contributed by atoms with van der Waals surface area (Å²) in [5.41, 5.74) is 7.95. The molecule has 2 amide bonds. The summed E-state index contributed by atoms with van der Waals surface area (Å²) in [6.45, 7) is 0.576. The average molecular weight is 409 g/mol. The van der Waals surface area contributed by atoms with E-state index in [4.69, 9.17) is 10.5 Å².